The van der Waals surface area contributed by atoms with Gasteiger partial charge in [0.1, 0.15) is 12.1 Å². The van der Waals surface area contributed by atoms with Gasteiger partial charge < -0.3 is 15.5 Å². The Bertz CT molecular complexity index is 1110. The van der Waals surface area contributed by atoms with Gasteiger partial charge in [-0.25, -0.2) is 9.97 Å². The number of anilines is 2. The Hall–Kier alpha value is -3.26. The highest BCUT2D eigenvalue weighted by atomic mass is 16.1. The first-order valence-electron chi connectivity index (χ1n) is 10.1. The number of amides is 1. The van der Waals surface area contributed by atoms with Crippen molar-refractivity contribution < 1.29 is 4.79 Å². The van der Waals surface area contributed by atoms with E-state index >= 15 is 0 Å². The maximum Gasteiger partial charge on any atom is 0.252 e. The third-order valence-corrected chi connectivity index (χ3v) is 4.81. The normalized spacial score (nSPS) is 15.1. The number of benzene rings is 1. The summed E-state index contributed by atoms with van der Waals surface area (Å²) >= 11 is 0. The van der Waals surface area contributed by atoms with Gasteiger partial charge in [-0.1, -0.05) is 6.08 Å². The van der Waals surface area contributed by atoms with Crippen LogP contribution >= 0.6 is 0 Å². The van der Waals surface area contributed by atoms with Gasteiger partial charge in [0, 0.05) is 29.9 Å². The molecule has 156 valence electrons. The van der Waals surface area contributed by atoms with E-state index in [1.807, 2.05) is 35.9 Å². The molecule has 0 fully saturated rings. The SMILES string of the molecule is CN1CCC=C(C(=O)Nc2ccc3ncn(-c4cncc(NC(C)(C)C)n4)c3c2)C1. The predicted octanol–water partition coefficient (Wildman–Crippen LogP) is 3.23. The molecule has 1 aromatic carbocycles. The molecule has 3 heterocycles. The van der Waals surface area contributed by atoms with Crippen molar-refractivity contribution in [2.24, 2.45) is 0 Å². The number of fused-ring (bicyclic) bond motifs is 1. The summed E-state index contributed by atoms with van der Waals surface area (Å²) in [5.74, 6) is 1.29. The van der Waals surface area contributed by atoms with Crippen LogP contribution in [0.3, 0.4) is 0 Å². The first kappa shape index (κ1) is 20.0. The standard InChI is InChI=1S/C22H27N7O/c1-22(2,3)27-19-11-23-12-20(26-19)29-14-24-17-8-7-16(10-18(17)29)25-21(30)15-6-5-9-28(4)13-15/h6-8,10-12,14H,5,9,13H2,1-4H3,(H,25,30)(H,26,27). The van der Waals surface area contributed by atoms with E-state index in [-0.39, 0.29) is 11.4 Å². The van der Waals surface area contributed by atoms with Crippen molar-refractivity contribution in [3.05, 3.63) is 48.6 Å². The fourth-order valence-corrected chi connectivity index (χ4v) is 3.45. The lowest BCUT2D eigenvalue weighted by molar-refractivity contribution is -0.113. The van der Waals surface area contributed by atoms with Crippen LogP contribution in [-0.2, 0) is 4.79 Å². The van der Waals surface area contributed by atoms with Crippen molar-refractivity contribution in [1.82, 2.24) is 24.4 Å². The number of nitrogens with zero attached hydrogens (tertiary/aromatic N) is 5. The predicted molar refractivity (Wildman–Crippen MR) is 119 cm³/mol. The second-order valence-corrected chi connectivity index (χ2v) is 8.67. The lowest BCUT2D eigenvalue weighted by Crippen LogP contribution is -2.30. The maximum atomic E-state index is 12.7. The molecule has 1 aliphatic heterocycles. The van der Waals surface area contributed by atoms with E-state index in [2.05, 4.69) is 51.3 Å². The van der Waals surface area contributed by atoms with Gasteiger partial charge in [-0.05, 0) is 52.4 Å². The quantitative estimate of drug-likeness (QED) is 0.693. The summed E-state index contributed by atoms with van der Waals surface area (Å²) in [7, 11) is 2.02. The first-order chi connectivity index (χ1) is 14.3. The third-order valence-electron chi connectivity index (χ3n) is 4.81. The summed E-state index contributed by atoms with van der Waals surface area (Å²) < 4.78 is 1.87. The molecule has 4 rings (SSSR count). The molecule has 1 amide bonds. The minimum absolute atomic E-state index is 0.0665. The van der Waals surface area contributed by atoms with Crippen molar-refractivity contribution >= 4 is 28.4 Å². The molecule has 0 aliphatic carbocycles. The van der Waals surface area contributed by atoms with E-state index in [0.717, 1.165) is 35.3 Å². The minimum atomic E-state index is -0.121. The number of hydrogen-bond acceptors (Lipinski definition) is 6. The molecule has 0 atom stereocenters. The van der Waals surface area contributed by atoms with Gasteiger partial charge in [-0.2, -0.15) is 0 Å². The second-order valence-electron chi connectivity index (χ2n) is 8.67. The molecule has 1 aliphatic rings. The molecular formula is C22H27N7O. The molecule has 0 spiro atoms. The Kier molecular flexibility index (Phi) is 5.26. The number of rotatable bonds is 4. The Morgan fingerprint density at radius 1 is 1.20 bits per heavy atom. The zero-order valence-corrected chi connectivity index (χ0v) is 17.8. The lowest BCUT2D eigenvalue weighted by Gasteiger charge is -2.22. The molecule has 30 heavy (non-hydrogen) atoms. The number of likely N-dealkylation sites (N-methyl/N-ethyl adjacent to an activating group) is 1. The Balaban J connectivity index is 1.61. The highest BCUT2D eigenvalue weighted by Gasteiger charge is 2.17. The molecule has 8 heteroatoms. The van der Waals surface area contributed by atoms with Crippen LogP contribution in [0.25, 0.3) is 16.9 Å². The van der Waals surface area contributed by atoms with Crippen LogP contribution in [-0.4, -0.2) is 56.0 Å². The van der Waals surface area contributed by atoms with Crippen LogP contribution in [0.5, 0.6) is 0 Å². The van der Waals surface area contributed by atoms with Crippen molar-refractivity contribution in [3.63, 3.8) is 0 Å². The van der Waals surface area contributed by atoms with E-state index in [9.17, 15) is 4.79 Å². The number of nitrogens with one attached hydrogen (secondary N) is 2. The Labute approximate surface area is 176 Å². The van der Waals surface area contributed by atoms with E-state index in [4.69, 9.17) is 0 Å². The topological polar surface area (TPSA) is 88.0 Å². The molecule has 0 unspecified atom stereocenters. The van der Waals surface area contributed by atoms with Gasteiger partial charge >= 0.3 is 0 Å². The molecule has 0 saturated heterocycles. The molecule has 3 aromatic rings. The van der Waals surface area contributed by atoms with Gasteiger partial charge in [0.2, 0.25) is 0 Å². The minimum Gasteiger partial charge on any atom is -0.364 e. The van der Waals surface area contributed by atoms with E-state index < -0.39 is 0 Å². The number of carbonyl (C=O) groups is 1. The van der Waals surface area contributed by atoms with Gasteiger partial charge in [0.25, 0.3) is 5.91 Å². The summed E-state index contributed by atoms with van der Waals surface area (Å²) in [5.41, 5.74) is 3.07. The van der Waals surface area contributed by atoms with E-state index in [1.165, 1.54) is 0 Å². The van der Waals surface area contributed by atoms with Crippen molar-refractivity contribution in [2.75, 3.05) is 30.8 Å². The Morgan fingerprint density at radius 3 is 2.80 bits per heavy atom. The number of hydrogen-bond donors (Lipinski definition) is 2. The van der Waals surface area contributed by atoms with Gasteiger partial charge in [0.05, 0.1) is 23.4 Å². The van der Waals surface area contributed by atoms with Gasteiger partial charge in [-0.15, -0.1) is 0 Å². The molecule has 2 aromatic heterocycles. The number of carbonyl (C=O) groups excluding carboxylic acids is 1. The average Bonchev–Trinajstić information content (AvgIpc) is 3.10. The lowest BCUT2D eigenvalue weighted by atomic mass is 10.1. The van der Waals surface area contributed by atoms with Crippen LogP contribution in [0.4, 0.5) is 11.5 Å². The fourth-order valence-electron chi connectivity index (χ4n) is 3.45. The van der Waals surface area contributed by atoms with Crippen LogP contribution in [0.1, 0.15) is 27.2 Å². The highest BCUT2D eigenvalue weighted by Crippen LogP contribution is 2.22. The summed E-state index contributed by atoms with van der Waals surface area (Å²) in [4.78, 5) is 28.3. The van der Waals surface area contributed by atoms with Crippen LogP contribution in [0.15, 0.2) is 48.6 Å². The zero-order valence-electron chi connectivity index (χ0n) is 17.8. The molecule has 8 nitrogen and oxygen atoms in total. The maximum absolute atomic E-state index is 12.7. The smallest absolute Gasteiger partial charge is 0.252 e. The second kappa shape index (κ2) is 7.87. The van der Waals surface area contributed by atoms with Crippen molar-refractivity contribution in [3.8, 4) is 5.82 Å². The van der Waals surface area contributed by atoms with Gasteiger partial charge in [0.15, 0.2) is 5.82 Å². The van der Waals surface area contributed by atoms with E-state index in [1.54, 1.807) is 18.7 Å². The largest absolute Gasteiger partial charge is 0.364 e. The highest BCUT2D eigenvalue weighted by molar-refractivity contribution is 6.04. The molecule has 0 saturated carbocycles. The van der Waals surface area contributed by atoms with Crippen molar-refractivity contribution in [1.29, 1.82) is 0 Å². The Morgan fingerprint density at radius 2 is 2.03 bits per heavy atom. The number of aromatic nitrogens is 4. The van der Waals surface area contributed by atoms with E-state index in [0.29, 0.717) is 18.2 Å². The first-order valence-corrected chi connectivity index (χ1v) is 10.1. The number of imidazole rings is 1. The molecule has 2 N–H and O–H groups in total. The zero-order chi connectivity index (χ0) is 21.3. The van der Waals surface area contributed by atoms with Gasteiger partial charge in [-0.3, -0.25) is 14.3 Å². The molecule has 0 radical (unpaired) electrons. The molecular weight excluding hydrogens is 378 g/mol. The monoisotopic (exact) mass is 405 g/mol. The summed E-state index contributed by atoms with van der Waals surface area (Å²) in [6, 6.07) is 5.68. The average molecular weight is 406 g/mol. The summed E-state index contributed by atoms with van der Waals surface area (Å²) in [6.07, 6.45) is 8.03. The van der Waals surface area contributed by atoms with Crippen molar-refractivity contribution in [2.45, 2.75) is 32.7 Å². The molecule has 0 bridgehead atoms. The summed E-state index contributed by atoms with van der Waals surface area (Å²) in [5, 5.41) is 6.35. The fraction of sp³-hybridized carbons (Fsp3) is 0.364. The van der Waals surface area contributed by atoms with Crippen LogP contribution in [0, 0.1) is 0 Å². The third kappa shape index (κ3) is 4.49. The van der Waals surface area contributed by atoms with Crippen LogP contribution < -0.4 is 10.6 Å². The van der Waals surface area contributed by atoms with Crippen LogP contribution in [0.2, 0.25) is 0 Å². The summed E-state index contributed by atoms with van der Waals surface area (Å²) in [6.45, 7) is 7.86.